The Balaban J connectivity index is 4.22. The second-order valence-electron chi connectivity index (χ2n) is 3.67. The second-order valence-corrected chi connectivity index (χ2v) is 5.76. The molecule has 92 valence electrons. The molecule has 1 N–H and O–H groups in total. The van der Waals surface area contributed by atoms with Gasteiger partial charge >= 0.3 is 0 Å². The average Bonchev–Trinajstić information content (AvgIpc) is 2.18. The molecule has 0 bridgehead atoms. The van der Waals surface area contributed by atoms with Crippen LogP contribution in [0, 0.1) is 0 Å². The van der Waals surface area contributed by atoms with E-state index in [0.717, 1.165) is 19.4 Å². The van der Waals surface area contributed by atoms with E-state index in [0.29, 0.717) is 19.5 Å². The van der Waals surface area contributed by atoms with Gasteiger partial charge in [0.1, 0.15) is 0 Å². The van der Waals surface area contributed by atoms with Gasteiger partial charge in [0.2, 0.25) is 10.0 Å². The van der Waals surface area contributed by atoms with Crippen molar-refractivity contribution in [1.82, 2.24) is 9.62 Å². The fourth-order valence-corrected chi connectivity index (χ4v) is 3.14. The highest BCUT2D eigenvalue weighted by molar-refractivity contribution is 7.89. The fraction of sp³-hybridized carbons (Fsp3) is 1.00. The first-order chi connectivity index (χ1) is 7.08. The van der Waals surface area contributed by atoms with E-state index in [2.05, 4.69) is 5.32 Å². The van der Waals surface area contributed by atoms with Gasteiger partial charge in [-0.3, -0.25) is 0 Å². The van der Waals surface area contributed by atoms with Crippen LogP contribution in [0.3, 0.4) is 0 Å². The van der Waals surface area contributed by atoms with Crippen LogP contribution in [0.15, 0.2) is 0 Å². The Morgan fingerprint density at radius 1 is 1.13 bits per heavy atom. The molecule has 5 heteroatoms. The Bertz CT molecular complexity index is 234. The monoisotopic (exact) mass is 236 g/mol. The zero-order valence-corrected chi connectivity index (χ0v) is 10.9. The van der Waals surface area contributed by atoms with Crippen molar-refractivity contribution in [1.29, 1.82) is 0 Å². The molecule has 0 spiro atoms. The average molecular weight is 236 g/mol. The van der Waals surface area contributed by atoms with Gasteiger partial charge in [-0.2, -0.15) is 0 Å². The highest BCUT2D eigenvalue weighted by Gasteiger charge is 2.19. The summed E-state index contributed by atoms with van der Waals surface area (Å²) in [5.41, 5.74) is 0. The van der Waals surface area contributed by atoms with E-state index in [4.69, 9.17) is 0 Å². The van der Waals surface area contributed by atoms with E-state index >= 15 is 0 Å². The molecule has 0 aliphatic carbocycles. The van der Waals surface area contributed by atoms with Crippen LogP contribution in [-0.4, -0.2) is 45.2 Å². The summed E-state index contributed by atoms with van der Waals surface area (Å²) < 4.78 is 25.4. The molecule has 0 rings (SSSR count). The van der Waals surface area contributed by atoms with Crippen molar-refractivity contribution in [3.05, 3.63) is 0 Å². The molecule has 15 heavy (non-hydrogen) atoms. The number of rotatable bonds is 9. The Kier molecular flexibility index (Phi) is 8.00. The van der Waals surface area contributed by atoms with Crippen LogP contribution in [0.5, 0.6) is 0 Å². The number of hydrogen-bond acceptors (Lipinski definition) is 3. The van der Waals surface area contributed by atoms with Crippen molar-refractivity contribution in [2.75, 3.05) is 32.4 Å². The summed E-state index contributed by atoms with van der Waals surface area (Å²) in [6.07, 6.45) is 2.44. The number of hydrogen-bond donors (Lipinski definition) is 1. The number of nitrogens with zero attached hydrogens (tertiary/aromatic N) is 1. The molecule has 4 nitrogen and oxygen atoms in total. The third-order valence-electron chi connectivity index (χ3n) is 2.17. The van der Waals surface area contributed by atoms with Gasteiger partial charge in [0.15, 0.2) is 0 Å². The van der Waals surface area contributed by atoms with Crippen molar-refractivity contribution >= 4 is 10.0 Å². The van der Waals surface area contributed by atoms with Gasteiger partial charge < -0.3 is 5.32 Å². The van der Waals surface area contributed by atoms with Gasteiger partial charge in [-0.1, -0.05) is 13.8 Å². The number of nitrogens with one attached hydrogen (secondary N) is 1. The van der Waals surface area contributed by atoms with Gasteiger partial charge in [-0.25, -0.2) is 12.7 Å². The zero-order valence-electron chi connectivity index (χ0n) is 10.1. The van der Waals surface area contributed by atoms with E-state index in [1.807, 2.05) is 20.9 Å². The lowest BCUT2D eigenvalue weighted by molar-refractivity contribution is 0.409. The molecular formula is C10H24N2O2S. The maximum atomic E-state index is 11.9. The zero-order chi connectivity index (χ0) is 11.7. The molecule has 0 unspecified atom stereocenters. The molecule has 0 aromatic heterocycles. The molecule has 0 atom stereocenters. The smallest absolute Gasteiger partial charge is 0.214 e. The van der Waals surface area contributed by atoms with E-state index in [-0.39, 0.29) is 5.75 Å². The molecule has 0 fully saturated rings. The Morgan fingerprint density at radius 3 is 2.07 bits per heavy atom. The van der Waals surface area contributed by atoms with Gasteiger partial charge in [0, 0.05) is 13.1 Å². The minimum absolute atomic E-state index is 0.258. The van der Waals surface area contributed by atoms with Crippen molar-refractivity contribution in [3.63, 3.8) is 0 Å². The largest absolute Gasteiger partial charge is 0.320 e. The summed E-state index contributed by atoms with van der Waals surface area (Å²) in [7, 11) is -1.19. The normalized spacial score (nSPS) is 12.3. The minimum atomic E-state index is -3.03. The van der Waals surface area contributed by atoms with Crippen molar-refractivity contribution in [2.45, 2.75) is 33.1 Å². The van der Waals surface area contributed by atoms with Crippen LogP contribution in [-0.2, 0) is 10.0 Å². The molecule has 0 radical (unpaired) electrons. The third-order valence-corrected chi connectivity index (χ3v) is 4.12. The predicted octanol–water partition coefficient (Wildman–Crippen LogP) is 1.05. The van der Waals surface area contributed by atoms with Gasteiger partial charge in [-0.05, 0) is 32.9 Å². The van der Waals surface area contributed by atoms with Crippen molar-refractivity contribution in [3.8, 4) is 0 Å². The molecule has 0 amide bonds. The molecule has 0 aliphatic rings. The molecule has 0 heterocycles. The highest BCUT2D eigenvalue weighted by Crippen LogP contribution is 2.05. The number of sulfonamides is 1. The van der Waals surface area contributed by atoms with Gasteiger partial charge in [0.25, 0.3) is 0 Å². The van der Waals surface area contributed by atoms with Crippen LogP contribution >= 0.6 is 0 Å². The van der Waals surface area contributed by atoms with E-state index in [1.54, 1.807) is 4.31 Å². The summed E-state index contributed by atoms with van der Waals surface area (Å²) in [4.78, 5) is 0. The van der Waals surface area contributed by atoms with Crippen molar-refractivity contribution < 1.29 is 8.42 Å². The Labute approximate surface area is 94.1 Å². The second kappa shape index (κ2) is 8.07. The fourth-order valence-electron chi connectivity index (χ4n) is 1.45. The van der Waals surface area contributed by atoms with Crippen LogP contribution in [0.4, 0.5) is 0 Å². The topological polar surface area (TPSA) is 49.4 Å². The van der Waals surface area contributed by atoms with Crippen molar-refractivity contribution in [2.24, 2.45) is 0 Å². The molecule has 0 saturated heterocycles. The lowest BCUT2D eigenvalue weighted by Crippen LogP contribution is -2.35. The summed E-state index contributed by atoms with van der Waals surface area (Å²) in [5, 5.41) is 2.96. The summed E-state index contributed by atoms with van der Waals surface area (Å²) in [5.74, 6) is 0.258. The van der Waals surface area contributed by atoms with Crippen LogP contribution in [0.25, 0.3) is 0 Å². The molecule has 0 aromatic carbocycles. The quantitative estimate of drug-likeness (QED) is 0.609. The minimum Gasteiger partial charge on any atom is -0.320 e. The van der Waals surface area contributed by atoms with Gasteiger partial charge in [0.05, 0.1) is 5.75 Å². The Morgan fingerprint density at radius 2 is 1.67 bits per heavy atom. The predicted molar refractivity (Wildman–Crippen MR) is 64.5 cm³/mol. The first kappa shape index (κ1) is 14.9. The maximum absolute atomic E-state index is 11.9. The third kappa shape index (κ3) is 6.12. The molecular weight excluding hydrogens is 212 g/mol. The van der Waals surface area contributed by atoms with E-state index in [9.17, 15) is 8.42 Å². The highest BCUT2D eigenvalue weighted by atomic mass is 32.2. The van der Waals surface area contributed by atoms with Crippen LogP contribution in [0.1, 0.15) is 33.1 Å². The van der Waals surface area contributed by atoms with Gasteiger partial charge in [-0.15, -0.1) is 0 Å². The Hall–Kier alpha value is -0.130. The van der Waals surface area contributed by atoms with Crippen LogP contribution in [0.2, 0.25) is 0 Å². The molecule has 0 aromatic rings. The summed E-state index contributed by atoms with van der Waals surface area (Å²) in [6.45, 7) is 6.06. The maximum Gasteiger partial charge on any atom is 0.214 e. The first-order valence-electron chi connectivity index (χ1n) is 5.70. The molecule has 0 aliphatic heterocycles. The van der Waals surface area contributed by atoms with E-state index in [1.165, 1.54) is 0 Å². The summed E-state index contributed by atoms with van der Waals surface area (Å²) >= 11 is 0. The first-order valence-corrected chi connectivity index (χ1v) is 7.31. The summed E-state index contributed by atoms with van der Waals surface area (Å²) in [6, 6.07) is 0. The van der Waals surface area contributed by atoms with Crippen LogP contribution < -0.4 is 5.32 Å². The lowest BCUT2D eigenvalue weighted by Gasteiger charge is -2.20. The van der Waals surface area contributed by atoms with E-state index < -0.39 is 10.0 Å². The SMILES string of the molecule is CCCN(CCC)S(=O)(=O)CCCNC. The molecule has 0 saturated carbocycles. The standard InChI is InChI=1S/C10H24N2O2S/c1-4-8-12(9-5-2)15(13,14)10-6-7-11-3/h11H,4-10H2,1-3H3. The lowest BCUT2D eigenvalue weighted by atomic mass is 10.4.